The Morgan fingerprint density at radius 3 is 2.46 bits per heavy atom. The molecule has 128 valence electrons. The third-order valence-corrected chi connectivity index (χ3v) is 5.08. The van der Waals surface area contributed by atoms with Crippen molar-refractivity contribution in [2.24, 2.45) is 0 Å². The lowest BCUT2D eigenvalue weighted by atomic mass is 10.1. The summed E-state index contributed by atoms with van der Waals surface area (Å²) in [7, 11) is -2.63. The van der Waals surface area contributed by atoms with Crippen molar-refractivity contribution >= 4 is 27.6 Å². The number of halogens is 1. The Morgan fingerprint density at radius 2 is 1.92 bits per heavy atom. The summed E-state index contributed by atoms with van der Waals surface area (Å²) in [5, 5.41) is 9.43. The van der Waals surface area contributed by atoms with Gasteiger partial charge in [-0.25, -0.2) is 8.42 Å². The first-order chi connectivity index (χ1) is 11.3. The van der Waals surface area contributed by atoms with E-state index in [9.17, 15) is 18.3 Å². The number of methoxy groups -OCH3 is 1. The van der Waals surface area contributed by atoms with Crippen LogP contribution in [0.2, 0.25) is 5.02 Å². The maximum atomic E-state index is 12.4. The van der Waals surface area contributed by atoms with Gasteiger partial charge in [0.05, 0.1) is 17.0 Å². The molecule has 0 saturated heterocycles. The molecule has 2 N–H and O–H groups in total. The molecule has 0 radical (unpaired) electrons. The smallest absolute Gasteiger partial charge is 0.322 e. The van der Waals surface area contributed by atoms with E-state index in [0.29, 0.717) is 11.3 Å². The molecule has 8 heteroatoms. The number of hydrogen-bond donors (Lipinski definition) is 2. The highest BCUT2D eigenvalue weighted by Crippen LogP contribution is 2.27. The van der Waals surface area contributed by atoms with Gasteiger partial charge in [0.1, 0.15) is 11.8 Å². The normalized spacial score (nSPS) is 12.6. The summed E-state index contributed by atoms with van der Waals surface area (Å²) in [6, 6.07) is 11.4. The number of hydrogen-bond acceptors (Lipinski definition) is 4. The Labute approximate surface area is 145 Å². The van der Waals surface area contributed by atoms with Crippen molar-refractivity contribution in [1.82, 2.24) is 4.72 Å². The highest BCUT2D eigenvalue weighted by atomic mass is 35.5. The number of benzene rings is 2. The summed E-state index contributed by atoms with van der Waals surface area (Å²) in [5.41, 5.74) is 0.709. The lowest BCUT2D eigenvalue weighted by Crippen LogP contribution is -2.42. The molecular formula is C16H16ClNO5S. The molecule has 0 aliphatic carbocycles. The van der Waals surface area contributed by atoms with Crippen molar-refractivity contribution in [3.05, 3.63) is 59.1 Å². The number of aliphatic carboxylic acids is 1. The zero-order valence-electron chi connectivity index (χ0n) is 12.8. The van der Waals surface area contributed by atoms with E-state index in [4.69, 9.17) is 16.3 Å². The van der Waals surface area contributed by atoms with Gasteiger partial charge in [-0.15, -0.1) is 0 Å². The minimum absolute atomic E-state index is 0.0271. The van der Waals surface area contributed by atoms with Gasteiger partial charge in [0.15, 0.2) is 0 Å². The van der Waals surface area contributed by atoms with Crippen molar-refractivity contribution < 1.29 is 23.1 Å². The number of carboxylic acids is 1. The van der Waals surface area contributed by atoms with E-state index in [1.807, 2.05) is 0 Å². The van der Waals surface area contributed by atoms with Crippen LogP contribution >= 0.6 is 11.6 Å². The van der Waals surface area contributed by atoms with Crippen LogP contribution in [0.25, 0.3) is 0 Å². The SMILES string of the molecule is COc1ccc(S(=O)(=O)N[C@H](Cc2ccccc2)C(=O)O)cc1Cl. The lowest BCUT2D eigenvalue weighted by molar-refractivity contribution is -0.138. The number of ether oxygens (including phenoxy) is 1. The van der Waals surface area contributed by atoms with Crippen LogP contribution in [0.15, 0.2) is 53.4 Å². The largest absolute Gasteiger partial charge is 0.495 e. The third-order valence-electron chi connectivity index (χ3n) is 3.31. The van der Waals surface area contributed by atoms with Crippen LogP contribution in [0.1, 0.15) is 5.56 Å². The summed E-state index contributed by atoms with van der Waals surface area (Å²) in [5.74, 6) is -0.934. The van der Waals surface area contributed by atoms with E-state index >= 15 is 0 Å². The predicted octanol–water partition coefficient (Wildman–Crippen LogP) is 2.32. The zero-order valence-corrected chi connectivity index (χ0v) is 14.3. The van der Waals surface area contributed by atoms with Crippen molar-refractivity contribution in [1.29, 1.82) is 0 Å². The van der Waals surface area contributed by atoms with E-state index in [-0.39, 0.29) is 16.3 Å². The fourth-order valence-corrected chi connectivity index (χ4v) is 3.64. The van der Waals surface area contributed by atoms with Crippen molar-refractivity contribution in [2.75, 3.05) is 7.11 Å². The first-order valence-electron chi connectivity index (χ1n) is 6.96. The highest BCUT2D eigenvalue weighted by molar-refractivity contribution is 7.89. The van der Waals surface area contributed by atoms with Crippen LogP contribution in [0.5, 0.6) is 5.75 Å². The van der Waals surface area contributed by atoms with Crippen molar-refractivity contribution in [3.63, 3.8) is 0 Å². The zero-order chi connectivity index (χ0) is 17.7. The summed E-state index contributed by atoms with van der Waals surface area (Å²) >= 11 is 5.93. The van der Waals surface area contributed by atoms with Crippen LogP contribution < -0.4 is 9.46 Å². The van der Waals surface area contributed by atoms with Gasteiger partial charge >= 0.3 is 5.97 Å². The van der Waals surface area contributed by atoms with Gasteiger partial charge in [-0.2, -0.15) is 4.72 Å². The number of carboxylic acid groups (broad SMARTS) is 1. The quantitative estimate of drug-likeness (QED) is 0.781. The van der Waals surface area contributed by atoms with Gasteiger partial charge in [-0.3, -0.25) is 4.79 Å². The summed E-state index contributed by atoms with van der Waals surface area (Å²) < 4.78 is 32.0. The molecule has 2 rings (SSSR count). The average Bonchev–Trinajstić information content (AvgIpc) is 2.55. The number of nitrogens with one attached hydrogen (secondary N) is 1. The predicted molar refractivity (Wildman–Crippen MR) is 89.9 cm³/mol. The molecule has 0 aliphatic heterocycles. The summed E-state index contributed by atoms with van der Waals surface area (Å²) in [4.78, 5) is 11.3. The van der Waals surface area contributed by atoms with Crippen LogP contribution in [-0.4, -0.2) is 32.6 Å². The van der Waals surface area contributed by atoms with Crippen molar-refractivity contribution in [2.45, 2.75) is 17.4 Å². The van der Waals surface area contributed by atoms with Crippen LogP contribution in [0, 0.1) is 0 Å². The molecule has 0 aromatic heterocycles. The molecule has 0 unspecified atom stereocenters. The molecule has 0 spiro atoms. The molecule has 0 amide bonds. The Balaban J connectivity index is 2.24. The molecule has 0 bridgehead atoms. The topological polar surface area (TPSA) is 92.7 Å². The van der Waals surface area contributed by atoms with Crippen LogP contribution in [0.3, 0.4) is 0 Å². The third kappa shape index (κ3) is 4.47. The molecule has 0 fully saturated rings. The molecule has 0 saturated carbocycles. The first-order valence-corrected chi connectivity index (χ1v) is 8.82. The Bertz CT molecular complexity index is 824. The number of rotatable bonds is 7. The van der Waals surface area contributed by atoms with E-state index in [1.165, 1.54) is 25.3 Å². The molecule has 24 heavy (non-hydrogen) atoms. The maximum absolute atomic E-state index is 12.4. The highest BCUT2D eigenvalue weighted by Gasteiger charge is 2.26. The molecule has 0 heterocycles. The fraction of sp³-hybridized carbons (Fsp3) is 0.188. The molecule has 0 aliphatic rings. The van der Waals surface area contributed by atoms with Crippen LogP contribution in [-0.2, 0) is 21.2 Å². The second-order valence-electron chi connectivity index (χ2n) is 5.00. The van der Waals surface area contributed by atoms with Gasteiger partial charge in [-0.1, -0.05) is 41.9 Å². The molecule has 2 aromatic rings. The van der Waals surface area contributed by atoms with Crippen molar-refractivity contribution in [3.8, 4) is 5.75 Å². The monoisotopic (exact) mass is 369 g/mol. The Hall–Kier alpha value is -2.09. The molecule has 2 aromatic carbocycles. The van der Waals surface area contributed by atoms with E-state index < -0.39 is 22.0 Å². The molecule has 1 atom stereocenters. The molecule has 6 nitrogen and oxygen atoms in total. The van der Waals surface area contributed by atoms with E-state index in [2.05, 4.69) is 4.72 Å². The summed E-state index contributed by atoms with van der Waals surface area (Å²) in [6.45, 7) is 0. The minimum atomic E-state index is -4.04. The van der Waals surface area contributed by atoms with Gasteiger partial charge < -0.3 is 9.84 Å². The van der Waals surface area contributed by atoms with E-state index in [1.54, 1.807) is 30.3 Å². The minimum Gasteiger partial charge on any atom is -0.495 e. The number of sulfonamides is 1. The van der Waals surface area contributed by atoms with Gasteiger partial charge in [0, 0.05) is 0 Å². The van der Waals surface area contributed by atoms with Gasteiger partial charge in [-0.05, 0) is 30.2 Å². The Morgan fingerprint density at radius 1 is 1.25 bits per heavy atom. The average molecular weight is 370 g/mol. The van der Waals surface area contributed by atoms with Gasteiger partial charge in [0.25, 0.3) is 0 Å². The second kappa shape index (κ2) is 7.65. The van der Waals surface area contributed by atoms with Crippen LogP contribution in [0.4, 0.5) is 0 Å². The van der Waals surface area contributed by atoms with E-state index in [0.717, 1.165) is 0 Å². The fourth-order valence-electron chi connectivity index (χ4n) is 2.10. The first kappa shape index (κ1) is 18.3. The second-order valence-corrected chi connectivity index (χ2v) is 7.12. The summed E-state index contributed by atoms with van der Waals surface area (Å²) in [6.07, 6.45) is 0.0271. The standard InChI is InChI=1S/C16H16ClNO5S/c1-23-15-8-7-12(10-13(15)17)24(21,22)18-14(16(19)20)9-11-5-3-2-4-6-11/h2-8,10,14,18H,9H2,1H3,(H,19,20)/t14-/m1/s1. The molecular weight excluding hydrogens is 354 g/mol. The number of carbonyl (C=O) groups is 1. The lowest BCUT2D eigenvalue weighted by Gasteiger charge is -2.15. The maximum Gasteiger partial charge on any atom is 0.322 e. The van der Waals surface area contributed by atoms with Gasteiger partial charge in [0.2, 0.25) is 10.0 Å². The Kier molecular flexibility index (Phi) is 5.82.